The minimum Gasteiger partial charge on any atom is -0.356 e. The molecule has 24 heavy (non-hydrogen) atoms. The fourth-order valence-corrected chi connectivity index (χ4v) is 2.82. The number of nitrogens with one attached hydrogen (secondary N) is 2. The summed E-state index contributed by atoms with van der Waals surface area (Å²) in [5, 5.41) is 2.85. The number of aromatic amines is 1. The summed E-state index contributed by atoms with van der Waals surface area (Å²) in [6, 6.07) is 11.1. The molecule has 1 aromatic carbocycles. The number of amides is 2. The first-order chi connectivity index (χ1) is 11.5. The Morgan fingerprint density at radius 3 is 2.71 bits per heavy atom. The van der Waals surface area contributed by atoms with Gasteiger partial charge in [0.1, 0.15) is 5.69 Å². The van der Waals surface area contributed by atoms with Gasteiger partial charge in [-0.15, -0.1) is 0 Å². The molecule has 2 heterocycles. The molecule has 3 rings (SSSR count). The van der Waals surface area contributed by atoms with Gasteiger partial charge in [0.2, 0.25) is 5.91 Å². The van der Waals surface area contributed by atoms with Crippen molar-refractivity contribution in [3.63, 3.8) is 0 Å². The topological polar surface area (TPSA) is 82.3 Å². The van der Waals surface area contributed by atoms with E-state index in [0.717, 1.165) is 5.56 Å². The molecule has 1 aromatic heterocycles. The summed E-state index contributed by atoms with van der Waals surface area (Å²) in [5.41, 5.74) is 1.86. The standard InChI is InChI=1S/C18H19N3O3/c1-12(22)14-7-16(19-9-14)18(24)20-15-8-17(23)21(11-15)10-13-5-3-2-4-6-13/h2-7,9,15,19H,8,10-11H2,1H3,(H,20,24). The summed E-state index contributed by atoms with van der Waals surface area (Å²) in [6.45, 7) is 2.48. The molecule has 6 heteroatoms. The first kappa shape index (κ1) is 16.0. The SMILES string of the molecule is CC(=O)c1c[nH]c(C(=O)NC2CC(=O)N(Cc3ccccc3)C2)c1. The van der Waals surface area contributed by atoms with Gasteiger partial charge in [-0.25, -0.2) is 0 Å². The number of carbonyl (C=O) groups excluding carboxylic acids is 3. The van der Waals surface area contributed by atoms with Crippen LogP contribution in [-0.4, -0.2) is 40.1 Å². The Balaban J connectivity index is 1.59. The van der Waals surface area contributed by atoms with Crippen LogP contribution in [0.5, 0.6) is 0 Å². The van der Waals surface area contributed by atoms with Gasteiger partial charge in [-0.3, -0.25) is 14.4 Å². The third-order valence-electron chi connectivity index (χ3n) is 4.10. The molecule has 2 amide bonds. The van der Waals surface area contributed by atoms with Gasteiger partial charge in [0.05, 0.1) is 6.04 Å². The van der Waals surface area contributed by atoms with Crippen molar-refractivity contribution < 1.29 is 14.4 Å². The lowest BCUT2D eigenvalue weighted by molar-refractivity contribution is -0.128. The third kappa shape index (κ3) is 3.53. The molecule has 0 radical (unpaired) electrons. The van der Waals surface area contributed by atoms with Crippen LogP contribution in [0.15, 0.2) is 42.6 Å². The zero-order chi connectivity index (χ0) is 17.1. The van der Waals surface area contributed by atoms with E-state index in [1.165, 1.54) is 19.2 Å². The minimum atomic E-state index is -0.304. The Morgan fingerprint density at radius 1 is 1.29 bits per heavy atom. The van der Waals surface area contributed by atoms with Crippen LogP contribution in [0.25, 0.3) is 0 Å². The highest BCUT2D eigenvalue weighted by Crippen LogP contribution is 2.15. The number of benzene rings is 1. The Labute approximate surface area is 139 Å². The van der Waals surface area contributed by atoms with E-state index in [2.05, 4.69) is 10.3 Å². The van der Waals surface area contributed by atoms with Crippen molar-refractivity contribution in [2.45, 2.75) is 25.9 Å². The van der Waals surface area contributed by atoms with Gasteiger partial charge in [-0.1, -0.05) is 30.3 Å². The zero-order valence-corrected chi connectivity index (χ0v) is 13.4. The lowest BCUT2D eigenvalue weighted by Gasteiger charge is -2.17. The van der Waals surface area contributed by atoms with Gasteiger partial charge in [0, 0.05) is 31.3 Å². The van der Waals surface area contributed by atoms with Crippen LogP contribution in [0.2, 0.25) is 0 Å². The number of hydrogen-bond donors (Lipinski definition) is 2. The van der Waals surface area contributed by atoms with Crippen molar-refractivity contribution in [3.8, 4) is 0 Å². The quantitative estimate of drug-likeness (QED) is 0.822. The number of Topliss-reactive ketones (excluding diaryl/α,β-unsaturated/α-hetero) is 1. The van der Waals surface area contributed by atoms with Crippen LogP contribution in [0.3, 0.4) is 0 Å². The van der Waals surface area contributed by atoms with Crippen LogP contribution < -0.4 is 5.32 Å². The van der Waals surface area contributed by atoms with Crippen molar-refractivity contribution >= 4 is 17.6 Å². The van der Waals surface area contributed by atoms with Crippen molar-refractivity contribution in [3.05, 3.63) is 59.4 Å². The molecule has 1 unspecified atom stereocenters. The molecule has 0 bridgehead atoms. The third-order valence-corrected chi connectivity index (χ3v) is 4.10. The number of carbonyl (C=O) groups is 3. The number of aromatic nitrogens is 1. The van der Waals surface area contributed by atoms with Crippen LogP contribution in [-0.2, 0) is 11.3 Å². The maximum Gasteiger partial charge on any atom is 0.268 e. The molecule has 6 nitrogen and oxygen atoms in total. The largest absolute Gasteiger partial charge is 0.356 e. The molecular formula is C18H19N3O3. The van der Waals surface area contributed by atoms with Crippen molar-refractivity contribution in [2.75, 3.05) is 6.54 Å². The van der Waals surface area contributed by atoms with Crippen LogP contribution in [0, 0.1) is 0 Å². The van der Waals surface area contributed by atoms with Gasteiger partial charge in [-0.05, 0) is 18.6 Å². The van der Waals surface area contributed by atoms with Crippen molar-refractivity contribution in [2.24, 2.45) is 0 Å². The van der Waals surface area contributed by atoms with Crippen molar-refractivity contribution in [1.82, 2.24) is 15.2 Å². The van der Waals surface area contributed by atoms with E-state index < -0.39 is 0 Å². The zero-order valence-electron chi connectivity index (χ0n) is 13.4. The number of rotatable bonds is 5. The van der Waals surface area contributed by atoms with E-state index in [9.17, 15) is 14.4 Å². The van der Waals surface area contributed by atoms with Gasteiger partial charge < -0.3 is 15.2 Å². The lowest BCUT2D eigenvalue weighted by atomic mass is 10.2. The number of hydrogen-bond acceptors (Lipinski definition) is 3. The fraction of sp³-hybridized carbons (Fsp3) is 0.278. The number of H-pyrrole nitrogens is 1. The monoisotopic (exact) mass is 325 g/mol. The van der Waals surface area contributed by atoms with E-state index in [1.807, 2.05) is 30.3 Å². The van der Waals surface area contributed by atoms with Gasteiger partial charge in [0.25, 0.3) is 5.91 Å². The Bertz CT molecular complexity index is 767. The van der Waals surface area contributed by atoms with Crippen LogP contribution in [0.1, 0.15) is 39.8 Å². The van der Waals surface area contributed by atoms with E-state index >= 15 is 0 Å². The average Bonchev–Trinajstić information content (AvgIpc) is 3.16. The molecule has 1 fully saturated rings. The van der Waals surface area contributed by atoms with Gasteiger partial charge in [-0.2, -0.15) is 0 Å². The molecule has 2 N–H and O–H groups in total. The predicted octanol–water partition coefficient (Wildman–Crippen LogP) is 1.75. The van der Waals surface area contributed by atoms with E-state index in [4.69, 9.17) is 0 Å². The Kier molecular flexibility index (Phi) is 4.46. The molecule has 1 saturated heterocycles. The second-order valence-electron chi connectivity index (χ2n) is 5.99. The summed E-state index contributed by atoms with van der Waals surface area (Å²) >= 11 is 0. The summed E-state index contributed by atoms with van der Waals surface area (Å²) in [4.78, 5) is 40.2. The molecular weight excluding hydrogens is 306 g/mol. The van der Waals surface area contributed by atoms with Crippen LogP contribution in [0.4, 0.5) is 0 Å². The predicted molar refractivity (Wildman–Crippen MR) is 88.5 cm³/mol. The first-order valence-corrected chi connectivity index (χ1v) is 7.85. The van der Waals surface area contributed by atoms with Crippen molar-refractivity contribution in [1.29, 1.82) is 0 Å². The van der Waals surface area contributed by atoms with E-state index in [0.29, 0.717) is 30.8 Å². The summed E-state index contributed by atoms with van der Waals surface area (Å²) < 4.78 is 0. The number of nitrogens with zero attached hydrogens (tertiary/aromatic N) is 1. The molecule has 1 aliphatic heterocycles. The summed E-state index contributed by atoms with van der Waals surface area (Å²) in [7, 11) is 0. The van der Waals surface area contributed by atoms with Gasteiger partial charge >= 0.3 is 0 Å². The second kappa shape index (κ2) is 6.70. The molecule has 2 aromatic rings. The normalized spacial score (nSPS) is 17.1. The number of likely N-dealkylation sites (tertiary alicyclic amines) is 1. The second-order valence-corrected chi connectivity index (χ2v) is 5.99. The highest BCUT2D eigenvalue weighted by atomic mass is 16.2. The number of ketones is 1. The highest BCUT2D eigenvalue weighted by Gasteiger charge is 2.30. The molecule has 0 saturated carbocycles. The lowest BCUT2D eigenvalue weighted by Crippen LogP contribution is -2.37. The maximum absolute atomic E-state index is 12.2. The Morgan fingerprint density at radius 2 is 2.04 bits per heavy atom. The molecule has 1 atom stereocenters. The smallest absolute Gasteiger partial charge is 0.268 e. The molecule has 1 aliphatic rings. The average molecular weight is 325 g/mol. The Hall–Kier alpha value is -2.89. The maximum atomic E-state index is 12.2. The fourth-order valence-electron chi connectivity index (χ4n) is 2.82. The summed E-state index contributed by atoms with van der Waals surface area (Å²) in [5.74, 6) is -0.377. The highest BCUT2D eigenvalue weighted by molar-refractivity contribution is 5.99. The van der Waals surface area contributed by atoms with Crippen LogP contribution >= 0.6 is 0 Å². The minimum absolute atomic E-state index is 0.0278. The molecule has 0 aliphatic carbocycles. The molecule has 124 valence electrons. The van der Waals surface area contributed by atoms with E-state index in [-0.39, 0.29) is 23.6 Å². The summed E-state index contributed by atoms with van der Waals surface area (Å²) in [6.07, 6.45) is 1.80. The van der Waals surface area contributed by atoms with E-state index in [1.54, 1.807) is 4.90 Å². The first-order valence-electron chi connectivity index (χ1n) is 7.85. The molecule has 0 spiro atoms. The van der Waals surface area contributed by atoms with Gasteiger partial charge in [0.15, 0.2) is 5.78 Å².